The fourth-order valence-electron chi connectivity index (χ4n) is 13.4. The van der Waals surface area contributed by atoms with Gasteiger partial charge in [0.2, 0.25) is 0 Å². The Kier molecular flexibility index (Phi) is 11.5. The molecule has 5 heteroatoms. The van der Waals surface area contributed by atoms with Crippen LogP contribution in [0, 0.1) is 0 Å². The van der Waals surface area contributed by atoms with Crippen LogP contribution in [0.15, 0.2) is 309 Å². The zero-order chi connectivity index (χ0) is 56.7. The van der Waals surface area contributed by atoms with E-state index in [9.17, 15) is 0 Å². The lowest BCUT2D eigenvalue weighted by Crippen LogP contribution is -2.04. The van der Waals surface area contributed by atoms with Gasteiger partial charge in [0, 0.05) is 43.9 Å². The Hall–Kier alpha value is -11.5. The fourth-order valence-corrected chi connectivity index (χ4v) is 13.4. The van der Waals surface area contributed by atoms with Crippen molar-refractivity contribution in [3.63, 3.8) is 0 Å². The third-order valence-electron chi connectivity index (χ3n) is 17.4. The number of fused-ring (bicyclic) bond motifs is 12. The molecule has 17 rings (SSSR count). The van der Waals surface area contributed by atoms with Crippen LogP contribution in [-0.4, -0.2) is 24.1 Å². The molecule has 0 bridgehead atoms. The molecule has 0 aliphatic carbocycles. The minimum absolute atomic E-state index is 0.569. The lowest BCUT2D eigenvalue weighted by Gasteiger charge is -2.17. The van der Waals surface area contributed by atoms with Gasteiger partial charge in [0.25, 0.3) is 0 Å². The lowest BCUT2D eigenvalue weighted by molar-refractivity contribution is 1.07. The zero-order valence-corrected chi connectivity index (χ0v) is 46.7. The molecule has 0 amide bonds. The van der Waals surface area contributed by atoms with Crippen molar-refractivity contribution in [2.45, 2.75) is 0 Å². The maximum Gasteiger partial charge on any atom is 0.166 e. The topological polar surface area (TPSA) is 48.5 Å². The molecule has 3 aromatic heterocycles. The van der Waals surface area contributed by atoms with Crippen LogP contribution in [0.25, 0.3) is 166 Å². The van der Waals surface area contributed by atoms with Gasteiger partial charge in [0.05, 0.1) is 27.8 Å². The Bertz CT molecular complexity index is 5460. The van der Waals surface area contributed by atoms with Crippen LogP contribution in [0.4, 0.5) is 0 Å². The van der Waals surface area contributed by atoms with Gasteiger partial charge >= 0.3 is 0 Å². The first kappa shape index (κ1) is 49.1. The summed E-state index contributed by atoms with van der Waals surface area (Å²) in [5.41, 5.74) is 18.3. The molecule has 5 nitrogen and oxygen atoms in total. The minimum Gasteiger partial charge on any atom is -0.309 e. The van der Waals surface area contributed by atoms with Crippen LogP contribution in [0.1, 0.15) is 0 Å². The van der Waals surface area contributed by atoms with E-state index in [1.807, 2.05) is 0 Å². The highest BCUT2D eigenvalue weighted by atomic mass is 15.1. The molecular formula is C81H51N5. The fraction of sp³-hybridized carbons (Fsp3) is 0. The van der Waals surface area contributed by atoms with E-state index in [4.69, 9.17) is 15.0 Å². The first-order valence-electron chi connectivity index (χ1n) is 29.3. The molecule has 0 N–H and O–H groups in total. The summed E-state index contributed by atoms with van der Waals surface area (Å²) >= 11 is 0. The summed E-state index contributed by atoms with van der Waals surface area (Å²) in [7, 11) is 0. The standard InChI is InChI=1S/C81H51N5/c1-5-21-52(22-6-1)55-39-41-56(42-40-55)79-82-80(59-45-46-65-63-31-14-13-29-61(63)62-30-15-16-32-64(62)71(65)49-59)84-81(83-79)70-48-44-58(54-25-9-3-10-26-54)51-76(70)86-74-38-20-35-67(78(74)69-47-43-57(50-75(69)86)53-23-7-2-8-24-53)66-34-19-37-73-77(66)68-33-17-18-36-72(68)85(73)60-27-11-4-12-28-60/h1-51H. The highest BCUT2D eigenvalue weighted by Crippen LogP contribution is 2.47. The van der Waals surface area contributed by atoms with Crippen LogP contribution in [0.3, 0.4) is 0 Å². The number of rotatable bonds is 9. The van der Waals surface area contributed by atoms with Gasteiger partial charge in [-0.25, -0.2) is 15.0 Å². The number of nitrogens with zero attached hydrogens (tertiary/aromatic N) is 5. The normalized spacial score (nSPS) is 11.7. The molecule has 0 saturated heterocycles. The smallest absolute Gasteiger partial charge is 0.166 e. The van der Waals surface area contributed by atoms with Crippen LogP contribution in [0.2, 0.25) is 0 Å². The minimum atomic E-state index is 0.569. The van der Waals surface area contributed by atoms with Gasteiger partial charge in [-0.15, -0.1) is 0 Å². The molecule has 3 heterocycles. The number of hydrogen-bond donors (Lipinski definition) is 0. The third kappa shape index (κ3) is 8.05. The van der Waals surface area contributed by atoms with Crippen LogP contribution < -0.4 is 0 Å². The van der Waals surface area contributed by atoms with Crippen LogP contribution in [0.5, 0.6) is 0 Å². The number of aromatic nitrogens is 5. The largest absolute Gasteiger partial charge is 0.309 e. The highest BCUT2D eigenvalue weighted by molar-refractivity contribution is 6.26. The van der Waals surface area contributed by atoms with E-state index in [1.165, 1.54) is 48.8 Å². The molecule has 0 aliphatic heterocycles. The summed E-state index contributed by atoms with van der Waals surface area (Å²) in [6.07, 6.45) is 0. The van der Waals surface area contributed by atoms with E-state index >= 15 is 0 Å². The molecule has 86 heavy (non-hydrogen) atoms. The zero-order valence-electron chi connectivity index (χ0n) is 46.7. The molecule has 0 aliphatic rings. The second-order valence-electron chi connectivity index (χ2n) is 22.2. The van der Waals surface area contributed by atoms with Crippen molar-refractivity contribution in [1.29, 1.82) is 0 Å². The average Bonchev–Trinajstić information content (AvgIpc) is 1.70. The maximum atomic E-state index is 5.63. The van der Waals surface area contributed by atoms with E-state index in [-0.39, 0.29) is 0 Å². The van der Waals surface area contributed by atoms with Gasteiger partial charge in [-0.2, -0.15) is 0 Å². The molecule has 17 aromatic rings. The first-order chi connectivity index (χ1) is 42.7. The predicted molar refractivity (Wildman–Crippen MR) is 359 cm³/mol. The average molecular weight is 1090 g/mol. The molecule has 0 saturated carbocycles. The van der Waals surface area contributed by atoms with Crippen molar-refractivity contribution in [2.24, 2.45) is 0 Å². The van der Waals surface area contributed by atoms with E-state index in [2.05, 4.69) is 319 Å². The summed E-state index contributed by atoms with van der Waals surface area (Å²) in [5, 5.41) is 11.9. The van der Waals surface area contributed by atoms with Crippen LogP contribution >= 0.6 is 0 Å². The van der Waals surface area contributed by atoms with Crippen molar-refractivity contribution in [2.75, 3.05) is 0 Å². The van der Waals surface area contributed by atoms with E-state index in [1.54, 1.807) is 0 Å². The summed E-state index contributed by atoms with van der Waals surface area (Å²) in [5.74, 6) is 1.75. The van der Waals surface area contributed by atoms with Gasteiger partial charge in [0.15, 0.2) is 17.5 Å². The third-order valence-corrected chi connectivity index (χ3v) is 17.4. The van der Waals surface area contributed by atoms with Crippen molar-refractivity contribution >= 4 is 75.9 Å². The lowest BCUT2D eigenvalue weighted by atomic mass is 9.93. The maximum absolute atomic E-state index is 5.63. The monoisotopic (exact) mass is 1090 g/mol. The summed E-state index contributed by atoms with van der Waals surface area (Å²) in [6, 6.07) is 112. The molecule has 14 aromatic carbocycles. The molecule has 0 fully saturated rings. The molecular weight excluding hydrogens is 1040 g/mol. The Labute approximate surface area is 496 Å². The quantitative estimate of drug-likeness (QED) is 0.135. The SMILES string of the molecule is c1ccc(-c2ccc(-c3nc(-c4ccc5c6ccccc6c6ccccc6c5c4)nc(-c4ccc(-c5ccccc5)cc4-n4c5cc(-c6ccccc6)ccc5c5c(-c6cccc7c6c6ccccc6n7-c6ccccc6)cccc54)n3)cc2)cc1. The van der Waals surface area contributed by atoms with Crippen molar-refractivity contribution < 1.29 is 0 Å². The van der Waals surface area contributed by atoms with Gasteiger partial charge < -0.3 is 9.13 Å². The Morgan fingerprint density at radius 2 is 0.593 bits per heavy atom. The summed E-state index contributed by atoms with van der Waals surface area (Å²) in [6.45, 7) is 0. The van der Waals surface area contributed by atoms with Crippen molar-refractivity contribution in [3.05, 3.63) is 309 Å². The van der Waals surface area contributed by atoms with E-state index < -0.39 is 0 Å². The summed E-state index contributed by atoms with van der Waals surface area (Å²) < 4.78 is 4.88. The van der Waals surface area contributed by atoms with Gasteiger partial charge in [-0.05, 0) is 131 Å². The van der Waals surface area contributed by atoms with Gasteiger partial charge in [0.1, 0.15) is 0 Å². The van der Waals surface area contributed by atoms with Crippen LogP contribution in [-0.2, 0) is 0 Å². The van der Waals surface area contributed by atoms with Gasteiger partial charge in [-0.1, -0.05) is 255 Å². The summed E-state index contributed by atoms with van der Waals surface area (Å²) in [4.78, 5) is 16.6. The number of para-hydroxylation sites is 2. The first-order valence-corrected chi connectivity index (χ1v) is 29.3. The van der Waals surface area contributed by atoms with Gasteiger partial charge in [-0.3, -0.25) is 0 Å². The number of benzene rings is 14. The second-order valence-corrected chi connectivity index (χ2v) is 22.2. The molecule has 0 spiro atoms. The van der Waals surface area contributed by atoms with E-state index in [0.29, 0.717) is 17.5 Å². The van der Waals surface area contributed by atoms with Crippen molar-refractivity contribution in [3.8, 4) is 90.0 Å². The highest BCUT2D eigenvalue weighted by Gasteiger charge is 2.25. The molecule has 0 atom stereocenters. The predicted octanol–water partition coefficient (Wildman–Crippen LogP) is 21.2. The van der Waals surface area contributed by atoms with Crippen molar-refractivity contribution in [1.82, 2.24) is 24.1 Å². The Balaban J connectivity index is 0.949. The second kappa shape index (κ2) is 20.1. The Morgan fingerprint density at radius 1 is 0.198 bits per heavy atom. The number of hydrogen-bond acceptors (Lipinski definition) is 3. The molecule has 0 unspecified atom stereocenters. The Morgan fingerprint density at radius 3 is 1.21 bits per heavy atom. The van der Waals surface area contributed by atoms with E-state index in [0.717, 1.165) is 99.7 Å². The molecule has 0 radical (unpaired) electrons. The molecule has 400 valence electrons.